The van der Waals surface area contributed by atoms with Crippen LogP contribution in [0.15, 0.2) is 84.0 Å². The summed E-state index contributed by atoms with van der Waals surface area (Å²) in [5.74, 6) is 0.291. The van der Waals surface area contributed by atoms with E-state index in [1.807, 2.05) is 48.5 Å². The zero-order chi connectivity index (χ0) is 21.8. The van der Waals surface area contributed by atoms with Crippen LogP contribution in [-0.2, 0) is 4.79 Å². The summed E-state index contributed by atoms with van der Waals surface area (Å²) in [6.07, 6.45) is 0.489. The number of hydrogen-bond donors (Lipinski definition) is 0. The van der Waals surface area contributed by atoms with Gasteiger partial charge in [0.05, 0.1) is 18.9 Å². The molecule has 0 bridgehead atoms. The number of nitrogens with zero attached hydrogens (tertiary/aromatic N) is 2. The van der Waals surface area contributed by atoms with E-state index >= 15 is 0 Å². The first-order valence-electron chi connectivity index (χ1n) is 9.94. The average Bonchev–Trinajstić information content (AvgIpc) is 3.24. The molecule has 3 aromatic rings. The Morgan fingerprint density at radius 1 is 0.968 bits per heavy atom. The molecule has 1 amide bonds. The van der Waals surface area contributed by atoms with E-state index < -0.39 is 5.97 Å². The number of benzene rings is 3. The number of carbonyl (C=O) groups is 2. The predicted octanol–water partition coefficient (Wildman–Crippen LogP) is 4.61. The fraction of sp³-hybridized carbons (Fsp3) is 0.160. The predicted molar refractivity (Wildman–Crippen MR) is 117 cm³/mol. The van der Waals surface area contributed by atoms with Crippen LogP contribution < -0.4 is 9.47 Å². The second-order valence-electron chi connectivity index (χ2n) is 7.15. The van der Waals surface area contributed by atoms with E-state index in [0.29, 0.717) is 34.8 Å². The summed E-state index contributed by atoms with van der Waals surface area (Å²) in [6, 6.07) is 23.8. The summed E-state index contributed by atoms with van der Waals surface area (Å²) in [5.41, 5.74) is 2.86. The van der Waals surface area contributed by atoms with Crippen molar-refractivity contribution < 1.29 is 19.1 Å². The standard InChI is InChI=1S/C25H22N2O4/c1-17(28)31-24-15-20(30-2)13-14-21(24)22-16-23(18-9-5-3-6-10-18)27(26-22)25(29)19-11-7-4-8-12-19/h3-15,23H,16H2,1-2H3. The number of hydrogen-bond acceptors (Lipinski definition) is 5. The van der Waals surface area contributed by atoms with Gasteiger partial charge in [0, 0.05) is 30.5 Å². The molecule has 156 valence electrons. The lowest BCUT2D eigenvalue weighted by Gasteiger charge is -2.22. The summed E-state index contributed by atoms with van der Waals surface area (Å²) in [6.45, 7) is 1.34. The van der Waals surface area contributed by atoms with Gasteiger partial charge >= 0.3 is 5.97 Å². The molecule has 6 heteroatoms. The van der Waals surface area contributed by atoms with Gasteiger partial charge in [-0.2, -0.15) is 5.10 Å². The Morgan fingerprint density at radius 2 is 1.65 bits per heavy atom. The molecule has 0 saturated heterocycles. The maximum Gasteiger partial charge on any atom is 0.308 e. The number of esters is 1. The summed E-state index contributed by atoms with van der Waals surface area (Å²) >= 11 is 0. The van der Waals surface area contributed by atoms with Crippen molar-refractivity contribution in [3.8, 4) is 11.5 Å². The van der Waals surface area contributed by atoms with E-state index in [4.69, 9.17) is 9.47 Å². The molecule has 0 aromatic heterocycles. The van der Waals surface area contributed by atoms with Crippen LogP contribution in [-0.4, -0.2) is 29.7 Å². The number of ether oxygens (including phenoxy) is 2. The molecule has 0 spiro atoms. The molecule has 0 aliphatic carbocycles. The van der Waals surface area contributed by atoms with Gasteiger partial charge in [0.15, 0.2) is 0 Å². The zero-order valence-electron chi connectivity index (χ0n) is 17.3. The Hall–Kier alpha value is -3.93. The number of methoxy groups -OCH3 is 1. The van der Waals surface area contributed by atoms with E-state index in [-0.39, 0.29) is 11.9 Å². The first-order chi connectivity index (χ1) is 15.1. The fourth-order valence-electron chi connectivity index (χ4n) is 3.62. The van der Waals surface area contributed by atoms with Crippen molar-refractivity contribution in [2.24, 2.45) is 5.10 Å². The number of carbonyl (C=O) groups excluding carboxylic acids is 2. The average molecular weight is 414 g/mol. The Morgan fingerprint density at radius 3 is 2.29 bits per heavy atom. The molecule has 31 heavy (non-hydrogen) atoms. The van der Waals surface area contributed by atoms with Crippen LogP contribution in [0.25, 0.3) is 0 Å². The molecule has 1 aliphatic rings. The van der Waals surface area contributed by atoms with Gasteiger partial charge in [-0.15, -0.1) is 0 Å². The maximum absolute atomic E-state index is 13.3. The zero-order valence-corrected chi connectivity index (χ0v) is 17.3. The van der Waals surface area contributed by atoms with Gasteiger partial charge in [-0.3, -0.25) is 9.59 Å². The highest BCUT2D eigenvalue weighted by Gasteiger charge is 2.34. The topological polar surface area (TPSA) is 68.2 Å². The van der Waals surface area contributed by atoms with Crippen molar-refractivity contribution in [1.82, 2.24) is 5.01 Å². The van der Waals surface area contributed by atoms with Crippen molar-refractivity contribution >= 4 is 17.6 Å². The third kappa shape index (κ3) is 4.33. The molecule has 0 N–H and O–H groups in total. The van der Waals surface area contributed by atoms with Crippen LogP contribution in [0.5, 0.6) is 11.5 Å². The third-order valence-electron chi connectivity index (χ3n) is 5.08. The minimum Gasteiger partial charge on any atom is -0.497 e. The van der Waals surface area contributed by atoms with Crippen molar-refractivity contribution in [3.63, 3.8) is 0 Å². The highest BCUT2D eigenvalue weighted by Crippen LogP contribution is 2.37. The lowest BCUT2D eigenvalue weighted by Crippen LogP contribution is -2.27. The molecule has 6 nitrogen and oxygen atoms in total. The van der Waals surface area contributed by atoms with Crippen LogP contribution >= 0.6 is 0 Å². The molecule has 4 rings (SSSR count). The Labute approximate surface area is 180 Å². The van der Waals surface area contributed by atoms with E-state index in [0.717, 1.165) is 5.56 Å². The van der Waals surface area contributed by atoms with Crippen molar-refractivity contribution in [3.05, 3.63) is 95.6 Å². The van der Waals surface area contributed by atoms with E-state index in [1.54, 1.807) is 37.4 Å². The third-order valence-corrected chi connectivity index (χ3v) is 5.08. The Balaban J connectivity index is 1.77. The molecule has 1 unspecified atom stereocenters. The molecule has 0 radical (unpaired) electrons. The largest absolute Gasteiger partial charge is 0.497 e. The Kier molecular flexibility index (Phi) is 5.80. The van der Waals surface area contributed by atoms with Crippen molar-refractivity contribution in [2.45, 2.75) is 19.4 Å². The number of hydrazone groups is 1. The Bertz CT molecular complexity index is 1130. The van der Waals surface area contributed by atoms with Crippen LogP contribution in [0.4, 0.5) is 0 Å². The quantitative estimate of drug-likeness (QED) is 0.452. The van der Waals surface area contributed by atoms with Crippen molar-refractivity contribution in [2.75, 3.05) is 7.11 Å². The van der Waals surface area contributed by atoms with Crippen LogP contribution in [0.1, 0.15) is 40.9 Å². The summed E-state index contributed by atoms with van der Waals surface area (Å²) < 4.78 is 10.7. The van der Waals surface area contributed by atoms with E-state index in [2.05, 4.69) is 5.10 Å². The SMILES string of the molecule is COc1ccc(C2=NN(C(=O)c3ccccc3)C(c3ccccc3)C2)c(OC(C)=O)c1. The smallest absolute Gasteiger partial charge is 0.308 e. The van der Waals surface area contributed by atoms with Gasteiger partial charge in [-0.25, -0.2) is 5.01 Å². The lowest BCUT2D eigenvalue weighted by molar-refractivity contribution is -0.131. The van der Waals surface area contributed by atoms with E-state index in [9.17, 15) is 9.59 Å². The van der Waals surface area contributed by atoms with Gasteiger partial charge in [0.1, 0.15) is 11.5 Å². The molecule has 1 aliphatic heterocycles. The van der Waals surface area contributed by atoms with Gasteiger partial charge in [0.2, 0.25) is 0 Å². The molecular formula is C25H22N2O4. The molecule has 3 aromatic carbocycles. The van der Waals surface area contributed by atoms with Crippen molar-refractivity contribution in [1.29, 1.82) is 0 Å². The minimum absolute atomic E-state index is 0.188. The monoisotopic (exact) mass is 414 g/mol. The van der Waals surface area contributed by atoms with Crippen LogP contribution in [0.3, 0.4) is 0 Å². The fourth-order valence-corrected chi connectivity index (χ4v) is 3.62. The first-order valence-corrected chi connectivity index (χ1v) is 9.94. The summed E-state index contributed by atoms with van der Waals surface area (Å²) in [4.78, 5) is 24.9. The molecule has 0 saturated carbocycles. The number of amides is 1. The lowest BCUT2D eigenvalue weighted by atomic mass is 9.97. The highest BCUT2D eigenvalue weighted by molar-refractivity contribution is 6.07. The molecule has 0 fully saturated rings. The van der Waals surface area contributed by atoms with Crippen LogP contribution in [0, 0.1) is 0 Å². The first kappa shape index (κ1) is 20.3. The number of rotatable bonds is 5. The van der Waals surface area contributed by atoms with E-state index in [1.165, 1.54) is 11.9 Å². The highest BCUT2D eigenvalue weighted by atomic mass is 16.5. The second kappa shape index (κ2) is 8.83. The molecule has 1 atom stereocenters. The summed E-state index contributed by atoms with van der Waals surface area (Å²) in [7, 11) is 1.55. The molecular weight excluding hydrogens is 392 g/mol. The van der Waals surface area contributed by atoms with Crippen LogP contribution in [0.2, 0.25) is 0 Å². The van der Waals surface area contributed by atoms with Gasteiger partial charge < -0.3 is 9.47 Å². The normalized spacial score (nSPS) is 15.4. The molecule has 1 heterocycles. The summed E-state index contributed by atoms with van der Waals surface area (Å²) in [5, 5.41) is 6.20. The van der Waals surface area contributed by atoms with Gasteiger partial charge in [0.25, 0.3) is 5.91 Å². The maximum atomic E-state index is 13.3. The van der Waals surface area contributed by atoms with Gasteiger partial charge in [-0.1, -0.05) is 48.5 Å². The second-order valence-corrected chi connectivity index (χ2v) is 7.15. The van der Waals surface area contributed by atoms with Gasteiger partial charge in [-0.05, 0) is 29.8 Å². The minimum atomic E-state index is -0.440.